The highest BCUT2D eigenvalue weighted by Crippen LogP contribution is 2.30. The van der Waals surface area contributed by atoms with Crippen molar-refractivity contribution in [2.45, 2.75) is 39.7 Å². The molecular weight excluding hydrogens is 394 g/mol. The van der Waals surface area contributed by atoms with Crippen LogP contribution >= 0.6 is 0 Å². The van der Waals surface area contributed by atoms with Gasteiger partial charge in [0.25, 0.3) is 0 Å². The summed E-state index contributed by atoms with van der Waals surface area (Å²) in [6, 6.07) is 12.9. The molecule has 160 valence electrons. The van der Waals surface area contributed by atoms with Crippen LogP contribution in [0.1, 0.15) is 36.0 Å². The number of carbonyl (C=O) groups excluding carboxylic acids is 4. The lowest BCUT2D eigenvalue weighted by Gasteiger charge is -2.20. The molecule has 0 spiro atoms. The second-order valence-electron chi connectivity index (χ2n) is 8.18. The van der Waals surface area contributed by atoms with Gasteiger partial charge in [0.15, 0.2) is 0 Å². The Morgan fingerprint density at radius 3 is 2.32 bits per heavy atom. The molecule has 2 saturated heterocycles. The van der Waals surface area contributed by atoms with Gasteiger partial charge in [-0.05, 0) is 48.7 Å². The zero-order chi connectivity index (χ0) is 22.1. The summed E-state index contributed by atoms with van der Waals surface area (Å²) in [6.45, 7) is 4.58. The van der Waals surface area contributed by atoms with E-state index in [-0.39, 0.29) is 49.4 Å². The molecule has 2 fully saturated rings. The SMILES string of the molecule is Cc1cccc(N2CC(C(=O)Nc3ccc(CN4C(=O)CCC4=O)cc3)CC2=O)c1C. The zero-order valence-corrected chi connectivity index (χ0v) is 17.7. The maximum atomic E-state index is 12.8. The Labute approximate surface area is 181 Å². The zero-order valence-electron chi connectivity index (χ0n) is 17.7. The minimum absolute atomic E-state index is 0.0517. The third-order valence-corrected chi connectivity index (χ3v) is 6.08. The molecule has 0 bridgehead atoms. The van der Waals surface area contributed by atoms with Crippen LogP contribution in [0.25, 0.3) is 0 Å². The van der Waals surface area contributed by atoms with Crippen molar-refractivity contribution in [2.75, 3.05) is 16.8 Å². The quantitative estimate of drug-likeness (QED) is 0.755. The third-order valence-electron chi connectivity index (χ3n) is 6.08. The average molecular weight is 419 g/mol. The number of anilines is 2. The Morgan fingerprint density at radius 1 is 0.968 bits per heavy atom. The molecule has 0 radical (unpaired) electrons. The van der Waals surface area contributed by atoms with Gasteiger partial charge < -0.3 is 10.2 Å². The van der Waals surface area contributed by atoms with E-state index in [1.54, 1.807) is 29.2 Å². The molecule has 31 heavy (non-hydrogen) atoms. The number of carbonyl (C=O) groups is 4. The number of nitrogens with one attached hydrogen (secondary N) is 1. The summed E-state index contributed by atoms with van der Waals surface area (Å²) in [6.07, 6.45) is 0.717. The van der Waals surface area contributed by atoms with Crippen LogP contribution in [-0.2, 0) is 25.7 Å². The molecule has 0 aromatic heterocycles. The van der Waals surface area contributed by atoms with Crippen LogP contribution in [0.2, 0.25) is 0 Å². The van der Waals surface area contributed by atoms with Crippen molar-refractivity contribution in [3.05, 3.63) is 59.2 Å². The summed E-state index contributed by atoms with van der Waals surface area (Å²) >= 11 is 0. The van der Waals surface area contributed by atoms with E-state index in [1.807, 2.05) is 32.0 Å². The highest BCUT2D eigenvalue weighted by molar-refractivity contribution is 6.04. The Hall–Kier alpha value is -3.48. The second-order valence-corrected chi connectivity index (χ2v) is 8.18. The molecule has 2 aromatic rings. The first kappa shape index (κ1) is 20.8. The topological polar surface area (TPSA) is 86.8 Å². The first-order valence-corrected chi connectivity index (χ1v) is 10.4. The van der Waals surface area contributed by atoms with Gasteiger partial charge in [0.2, 0.25) is 23.6 Å². The number of hydrogen-bond acceptors (Lipinski definition) is 4. The fourth-order valence-corrected chi connectivity index (χ4v) is 4.06. The molecule has 1 atom stereocenters. The maximum absolute atomic E-state index is 12.8. The predicted molar refractivity (Wildman–Crippen MR) is 116 cm³/mol. The smallest absolute Gasteiger partial charge is 0.229 e. The molecule has 1 unspecified atom stereocenters. The molecule has 7 heteroatoms. The van der Waals surface area contributed by atoms with E-state index in [2.05, 4.69) is 5.32 Å². The van der Waals surface area contributed by atoms with Crippen molar-refractivity contribution >= 4 is 35.0 Å². The van der Waals surface area contributed by atoms with Gasteiger partial charge in [0, 0.05) is 37.2 Å². The molecule has 0 aliphatic carbocycles. The fourth-order valence-electron chi connectivity index (χ4n) is 4.06. The van der Waals surface area contributed by atoms with Gasteiger partial charge in [-0.15, -0.1) is 0 Å². The first-order valence-electron chi connectivity index (χ1n) is 10.4. The lowest BCUT2D eigenvalue weighted by atomic mass is 10.1. The summed E-state index contributed by atoms with van der Waals surface area (Å²) in [5.41, 5.74) is 4.44. The summed E-state index contributed by atoms with van der Waals surface area (Å²) in [7, 11) is 0. The van der Waals surface area contributed by atoms with Crippen molar-refractivity contribution < 1.29 is 19.2 Å². The van der Waals surface area contributed by atoms with Gasteiger partial charge >= 0.3 is 0 Å². The molecule has 2 aliphatic rings. The predicted octanol–water partition coefficient (Wildman–Crippen LogP) is 2.94. The second kappa shape index (κ2) is 8.34. The van der Waals surface area contributed by atoms with Crippen LogP contribution < -0.4 is 10.2 Å². The number of likely N-dealkylation sites (tertiary alicyclic amines) is 1. The number of aryl methyl sites for hydroxylation is 1. The van der Waals surface area contributed by atoms with E-state index in [0.717, 1.165) is 22.4 Å². The standard InChI is InChI=1S/C24H25N3O4/c1-15-4-3-5-20(16(15)2)26-14-18(12-23(26)30)24(31)25-19-8-6-17(7-9-19)13-27-21(28)10-11-22(27)29/h3-9,18H,10-14H2,1-2H3,(H,25,31). The van der Waals surface area contributed by atoms with Crippen LogP contribution in [0.4, 0.5) is 11.4 Å². The number of imide groups is 1. The highest BCUT2D eigenvalue weighted by Gasteiger charge is 2.36. The van der Waals surface area contributed by atoms with Crippen LogP contribution in [0, 0.1) is 19.8 Å². The Bertz CT molecular complexity index is 1040. The monoisotopic (exact) mass is 419 g/mol. The normalized spacial score (nSPS) is 18.8. The van der Waals surface area contributed by atoms with Gasteiger partial charge in [0.1, 0.15) is 0 Å². The van der Waals surface area contributed by atoms with Crippen molar-refractivity contribution in [2.24, 2.45) is 5.92 Å². The average Bonchev–Trinajstić information content (AvgIpc) is 3.28. The minimum atomic E-state index is -0.424. The number of rotatable bonds is 5. The third kappa shape index (κ3) is 4.21. The molecule has 1 N–H and O–H groups in total. The van der Waals surface area contributed by atoms with Gasteiger partial charge in [-0.1, -0.05) is 24.3 Å². The van der Waals surface area contributed by atoms with Crippen LogP contribution in [0.15, 0.2) is 42.5 Å². The number of amides is 4. The summed E-state index contributed by atoms with van der Waals surface area (Å²) in [4.78, 5) is 51.8. The largest absolute Gasteiger partial charge is 0.326 e. The van der Waals surface area contributed by atoms with Crippen LogP contribution in [-0.4, -0.2) is 35.1 Å². The molecule has 4 amide bonds. The van der Waals surface area contributed by atoms with Crippen molar-refractivity contribution in [3.8, 4) is 0 Å². The van der Waals surface area contributed by atoms with Crippen LogP contribution in [0.5, 0.6) is 0 Å². The molecule has 2 aromatic carbocycles. The Balaban J connectivity index is 1.38. The summed E-state index contributed by atoms with van der Waals surface area (Å²) < 4.78 is 0. The minimum Gasteiger partial charge on any atom is -0.326 e. The highest BCUT2D eigenvalue weighted by atomic mass is 16.2. The molecule has 7 nitrogen and oxygen atoms in total. The molecule has 2 heterocycles. The van der Waals surface area contributed by atoms with Crippen molar-refractivity contribution in [1.29, 1.82) is 0 Å². The number of nitrogens with zero attached hydrogens (tertiary/aromatic N) is 2. The lowest BCUT2D eigenvalue weighted by Crippen LogP contribution is -2.29. The molecule has 0 saturated carbocycles. The van der Waals surface area contributed by atoms with E-state index in [1.165, 1.54) is 4.90 Å². The maximum Gasteiger partial charge on any atom is 0.229 e. The van der Waals surface area contributed by atoms with E-state index < -0.39 is 5.92 Å². The number of benzene rings is 2. The fraction of sp³-hybridized carbons (Fsp3) is 0.333. The number of hydrogen-bond donors (Lipinski definition) is 1. The molecule has 4 rings (SSSR count). The van der Waals surface area contributed by atoms with Crippen LogP contribution in [0.3, 0.4) is 0 Å². The van der Waals surface area contributed by atoms with Gasteiger partial charge in [0.05, 0.1) is 12.5 Å². The van der Waals surface area contributed by atoms with Gasteiger partial charge in [-0.3, -0.25) is 24.1 Å². The van der Waals surface area contributed by atoms with E-state index >= 15 is 0 Å². The van der Waals surface area contributed by atoms with Gasteiger partial charge in [-0.25, -0.2) is 0 Å². The summed E-state index contributed by atoms with van der Waals surface area (Å²) in [5, 5.41) is 2.88. The van der Waals surface area contributed by atoms with E-state index in [4.69, 9.17) is 0 Å². The van der Waals surface area contributed by atoms with E-state index in [9.17, 15) is 19.2 Å². The Kier molecular flexibility index (Phi) is 5.59. The van der Waals surface area contributed by atoms with Crippen molar-refractivity contribution in [1.82, 2.24) is 4.90 Å². The molecular formula is C24H25N3O4. The van der Waals surface area contributed by atoms with Crippen molar-refractivity contribution in [3.63, 3.8) is 0 Å². The lowest BCUT2D eigenvalue weighted by molar-refractivity contribution is -0.139. The molecule has 2 aliphatic heterocycles. The summed E-state index contributed by atoms with van der Waals surface area (Å²) in [5.74, 6) is -0.974. The first-order chi connectivity index (χ1) is 14.8. The van der Waals surface area contributed by atoms with E-state index in [0.29, 0.717) is 12.2 Å². The van der Waals surface area contributed by atoms with Gasteiger partial charge in [-0.2, -0.15) is 0 Å². The Morgan fingerprint density at radius 2 is 1.65 bits per heavy atom.